The van der Waals surface area contributed by atoms with Crippen LogP contribution in [0.15, 0.2) is 30.5 Å². The number of likely N-dealkylation sites (tertiary alicyclic amines) is 1. The van der Waals surface area contributed by atoms with Gasteiger partial charge in [0.1, 0.15) is 5.75 Å². The number of benzene rings is 1. The SMILES string of the molecule is COc1ccc2nccc(C(CC[C@@H]3CCN(CCSC4CCCC4)C[C@@H]3CO)NO)c2c1. The molecule has 33 heavy (non-hydrogen) atoms. The van der Waals surface area contributed by atoms with Gasteiger partial charge < -0.3 is 20.0 Å². The summed E-state index contributed by atoms with van der Waals surface area (Å²) in [5.41, 5.74) is 4.46. The first-order chi connectivity index (χ1) is 16.2. The fourth-order valence-corrected chi connectivity index (χ4v) is 6.96. The number of hydrogen-bond donors (Lipinski definition) is 3. The molecule has 2 aliphatic rings. The van der Waals surface area contributed by atoms with Gasteiger partial charge in [-0.1, -0.05) is 12.8 Å². The Bertz CT molecular complexity index is 877. The normalized spacial score (nSPS) is 23.2. The second-order valence-corrected chi connectivity index (χ2v) is 11.0. The average molecular weight is 474 g/mol. The predicted octanol–water partition coefficient (Wildman–Crippen LogP) is 4.65. The number of nitrogens with zero attached hydrogens (tertiary/aromatic N) is 2. The van der Waals surface area contributed by atoms with Crippen molar-refractivity contribution >= 4 is 22.7 Å². The van der Waals surface area contributed by atoms with Gasteiger partial charge in [-0.25, -0.2) is 0 Å². The van der Waals surface area contributed by atoms with Crippen LogP contribution in [-0.2, 0) is 0 Å². The lowest BCUT2D eigenvalue weighted by Crippen LogP contribution is -2.43. The van der Waals surface area contributed by atoms with Gasteiger partial charge in [0, 0.05) is 42.3 Å². The van der Waals surface area contributed by atoms with E-state index in [1.165, 1.54) is 31.4 Å². The minimum absolute atomic E-state index is 0.178. The first-order valence-corrected chi connectivity index (χ1v) is 13.5. The first kappa shape index (κ1) is 24.7. The smallest absolute Gasteiger partial charge is 0.119 e. The van der Waals surface area contributed by atoms with Crippen molar-refractivity contribution in [2.24, 2.45) is 11.8 Å². The average Bonchev–Trinajstić information content (AvgIpc) is 3.38. The Hall–Kier alpha value is -1.38. The zero-order valence-electron chi connectivity index (χ0n) is 19.8. The molecule has 7 heteroatoms. The van der Waals surface area contributed by atoms with E-state index in [1.54, 1.807) is 13.3 Å². The quantitative estimate of drug-likeness (QED) is 0.410. The van der Waals surface area contributed by atoms with Gasteiger partial charge >= 0.3 is 0 Å². The zero-order valence-corrected chi connectivity index (χ0v) is 20.6. The summed E-state index contributed by atoms with van der Waals surface area (Å²) in [5, 5.41) is 22.0. The van der Waals surface area contributed by atoms with E-state index in [-0.39, 0.29) is 12.6 Å². The number of rotatable bonds is 11. The largest absolute Gasteiger partial charge is 0.497 e. The molecule has 0 amide bonds. The molecule has 1 saturated heterocycles. The molecule has 1 aromatic heterocycles. The molecule has 2 fully saturated rings. The Labute approximate surface area is 202 Å². The number of methoxy groups -OCH3 is 1. The fraction of sp³-hybridized carbons (Fsp3) is 0.654. The topological polar surface area (TPSA) is 77.9 Å². The summed E-state index contributed by atoms with van der Waals surface area (Å²) in [7, 11) is 1.66. The van der Waals surface area contributed by atoms with Crippen LogP contribution in [0.5, 0.6) is 5.75 Å². The van der Waals surface area contributed by atoms with Gasteiger partial charge in [0.15, 0.2) is 0 Å². The number of nitrogens with one attached hydrogen (secondary N) is 1. The van der Waals surface area contributed by atoms with Gasteiger partial charge in [0.2, 0.25) is 0 Å². The van der Waals surface area contributed by atoms with Gasteiger partial charge in [0.05, 0.1) is 18.7 Å². The maximum absolute atomic E-state index is 10.1. The molecule has 1 aliphatic heterocycles. The van der Waals surface area contributed by atoms with Crippen molar-refractivity contribution in [1.29, 1.82) is 0 Å². The number of aliphatic hydroxyl groups excluding tert-OH is 1. The molecule has 0 radical (unpaired) electrons. The molecule has 1 aliphatic carbocycles. The highest BCUT2D eigenvalue weighted by molar-refractivity contribution is 7.99. The summed E-state index contributed by atoms with van der Waals surface area (Å²) in [4.78, 5) is 7.01. The lowest BCUT2D eigenvalue weighted by Gasteiger charge is -2.38. The van der Waals surface area contributed by atoms with Crippen molar-refractivity contribution in [2.45, 2.75) is 56.2 Å². The van der Waals surface area contributed by atoms with Crippen molar-refractivity contribution in [3.8, 4) is 5.75 Å². The molecule has 3 N–H and O–H groups in total. The van der Waals surface area contributed by atoms with Crippen LogP contribution < -0.4 is 10.2 Å². The molecule has 0 bridgehead atoms. The van der Waals surface area contributed by atoms with E-state index < -0.39 is 0 Å². The summed E-state index contributed by atoms with van der Waals surface area (Å²) in [5.74, 6) is 2.78. The maximum atomic E-state index is 10.1. The van der Waals surface area contributed by atoms with Crippen molar-refractivity contribution in [3.63, 3.8) is 0 Å². The Kier molecular flexibility index (Phi) is 9.26. The van der Waals surface area contributed by atoms with Gasteiger partial charge in [-0.2, -0.15) is 17.2 Å². The van der Waals surface area contributed by atoms with Crippen molar-refractivity contribution in [2.75, 3.05) is 39.1 Å². The van der Waals surface area contributed by atoms with Crippen LogP contribution in [0.4, 0.5) is 0 Å². The standard InChI is InChI=1S/C26H39N3O3S/c1-32-21-7-9-25-24(16-21)23(10-12-27-25)26(28-31)8-6-19-11-13-29(17-20(19)18-30)14-15-33-22-4-2-3-5-22/h7,9-10,12,16,19-20,22,26,28,30-31H,2-6,8,11,13-15,17-18H2,1H3/t19-,20-,26?/m1/s1. The van der Waals surface area contributed by atoms with Gasteiger partial charge in [0.25, 0.3) is 0 Å². The van der Waals surface area contributed by atoms with E-state index >= 15 is 0 Å². The number of aliphatic hydroxyl groups is 1. The number of ether oxygens (including phenoxy) is 1. The third kappa shape index (κ3) is 6.40. The number of hydroxylamine groups is 1. The van der Waals surface area contributed by atoms with E-state index in [4.69, 9.17) is 4.74 Å². The highest BCUT2D eigenvalue weighted by Crippen LogP contribution is 2.34. The highest BCUT2D eigenvalue weighted by Gasteiger charge is 2.29. The molecule has 2 heterocycles. The fourth-order valence-electron chi connectivity index (χ4n) is 5.60. The van der Waals surface area contributed by atoms with Crippen LogP contribution in [-0.4, -0.2) is 64.6 Å². The van der Waals surface area contributed by atoms with E-state index in [9.17, 15) is 10.3 Å². The lowest BCUT2D eigenvalue weighted by atomic mass is 9.81. The monoisotopic (exact) mass is 473 g/mol. The lowest BCUT2D eigenvalue weighted by molar-refractivity contribution is 0.0626. The summed E-state index contributed by atoms with van der Waals surface area (Å²) in [6, 6.07) is 7.65. The second kappa shape index (κ2) is 12.4. The van der Waals surface area contributed by atoms with Gasteiger partial charge in [-0.3, -0.25) is 4.98 Å². The van der Waals surface area contributed by atoms with Crippen molar-refractivity contribution in [1.82, 2.24) is 15.4 Å². The molecule has 0 spiro atoms. The van der Waals surface area contributed by atoms with Crippen molar-refractivity contribution in [3.05, 3.63) is 36.0 Å². The van der Waals surface area contributed by atoms with E-state index in [2.05, 4.69) is 27.1 Å². The van der Waals surface area contributed by atoms with Crippen molar-refractivity contribution < 1.29 is 15.1 Å². The van der Waals surface area contributed by atoms with Crippen LogP contribution in [0.25, 0.3) is 10.9 Å². The van der Waals surface area contributed by atoms with E-state index in [0.717, 1.165) is 66.4 Å². The molecular weight excluding hydrogens is 434 g/mol. The van der Waals surface area contributed by atoms with E-state index in [0.29, 0.717) is 11.8 Å². The molecule has 6 nitrogen and oxygen atoms in total. The second-order valence-electron chi connectivity index (χ2n) is 9.61. The van der Waals surface area contributed by atoms with Crippen LogP contribution in [0.3, 0.4) is 0 Å². The van der Waals surface area contributed by atoms with E-state index in [1.807, 2.05) is 24.3 Å². The zero-order chi connectivity index (χ0) is 23.0. The summed E-state index contributed by atoms with van der Waals surface area (Å²) in [6.07, 6.45) is 10.3. The Morgan fingerprint density at radius 3 is 2.82 bits per heavy atom. The third-order valence-electron chi connectivity index (χ3n) is 7.61. The highest BCUT2D eigenvalue weighted by atomic mass is 32.2. The number of thioether (sulfide) groups is 1. The maximum Gasteiger partial charge on any atom is 0.119 e. The molecule has 2 aromatic rings. The number of hydrogen-bond acceptors (Lipinski definition) is 7. The molecule has 4 rings (SSSR count). The molecule has 1 saturated carbocycles. The third-order valence-corrected chi connectivity index (χ3v) is 8.97. The minimum Gasteiger partial charge on any atom is -0.497 e. The van der Waals surface area contributed by atoms with Crippen LogP contribution in [0.1, 0.15) is 56.6 Å². The number of pyridine rings is 1. The molecule has 1 aromatic carbocycles. The molecule has 1 unspecified atom stereocenters. The summed E-state index contributed by atoms with van der Waals surface area (Å²) in [6.45, 7) is 3.47. The first-order valence-electron chi connectivity index (χ1n) is 12.5. The van der Waals surface area contributed by atoms with Crippen LogP contribution in [0.2, 0.25) is 0 Å². The molecule has 182 valence electrons. The Morgan fingerprint density at radius 1 is 1.21 bits per heavy atom. The Balaban J connectivity index is 1.32. The minimum atomic E-state index is -0.178. The number of fused-ring (bicyclic) bond motifs is 1. The van der Waals surface area contributed by atoms with Gasteiger partial charge in [-0.05, 0) is 80.3 Å². The van der Waals surface area contributed by atoms with Crippen LogP contribution in [0, 0.1) is 11.8 Å². The number of piperidine rings is 1. The Morgan fingerprint density at radius 2 is 2.06 bits per heavy atom. The summed E-state index contributed by atoms with van der Waals surface area (Å²) >= 11 is 2.15. The van der Waals surface area contributed by atoms with Gasteiger partial charge in [-0.15, -0.1) is 0 Å². The summed E-state index contributed by atoms with van der Waals surface area (Å²) < 4.78 is 5.40. The number of aromatic nitrogens is 1. The molecular formula is C26H39N3O3S. The van der Waals surface area contributed by atoms with Crippen LogP contribution >= 0.6 is 11.8 Å². The molecule has 3 atom stereocenters. The predicted molar refractivity (Wildman–Crippen MR) is 135 cm³/mol.